The second-order valence-electron chi connectivity index (χ2n) is 5.69. The van der Waals surface area contributed by atoms with Crippen molar-refractivity contribution in [1.82, 2.24) is 15.1 Å². The number of rotatable bonds is 3. The lowest BCUT2D eigenvalue weighted by Crippen LogP contribution is -2.38. The SMILES string of the molecule is CCNC1c2ccccc2OCC1n1nc(C)c(C)c1C. The van der Waals surface area contributed by atoms with E-state index in [1.54, 1.807) is 0 Å². The second kappa shape index (κ2) is 5.53. The molecule has 0 aliphatic carbocycles. The van der Waals surface area contributed by atoms with Crippen LogP contribution in [0.25, 0.3) is 0 Å². The average Bonchev–Trinajstić information content (AvgIpc) is 2.75. The molecular formula is C17H23N3O. The number of likely N-dealkylation sites (N-methyl/N-ethyl adjacent to an activating group) is 1. The molecule has 1 N–H and O–H groups in total. The molecule has 1 aromatic carbocycles. The smallest absolute Gasteiger partial charge is 0.124 e. The number of hydrogen-bond acceptors (Lipinski definition) is 3. The van der Waals surface area contributed by atoms with Crippen LogP contribution in [0.4, 0.5) is 0 Å². The third-order valence-electron chi connectivity index (χ3n) is 4.47. The maximum absolute atomic E-state index is 5.97. The second-order valence-corrected chi connectivity index (χ2v) is 5.69. The summed E-state index contributed by atoms with van der Waals surface area (Å²) in [4.78, 5) is 0. The lowest BCUT2D eigenvalue weighted by atomic mass is 9.96. The molecule has 3 rings (SSSR count). The molecule has 4 heteroatoms. The highest BCUT2D eigenvalue weighted by Gasteiger charge is 2.33. The van der Waals surface area contributed by atoms with Crippen molar-refractivity contribution in [1.29, 1.82) is 0 Å². The van der Waals surface area contributed by atoms with Gasteiger partial charge < -0.3 is 10.1 Å². The first-order valence-corrected chi connectivity index (χ1v) is 7.61. The molecule has 0 saturated heterocycles. The molecule has 2 aromatic rings. The molecule has 2 unspecified atom stereocenters. The Morgan fingerprint density at radius 2 is 2.05 bits per heavy atom. The van der Waals surface area contributed by atoms with Crippen LogP contribution >= 0.6 is 0 Å². The van der Waals surface area contributed by atoms with Crippen molar-refractivity contribution >= 4 is 0 Å². The topological polar surface area (TPSA) is 39.1 Å². The van der Waals surface area contributed by atoms with Crippen LogP contribution in [0.15, 0.2) is 24.3 Å². The van der Waals surface area contributed by atoms with E-state index in [1.807, 2.05) is 12.1 Å². The quantitative estimate of drug-likeness (QED) is 0.942. The number of nitrogens with one attached hydrogen (secondary N) is 1. The van der Waals surface area contributed by atoms with Gasteiger partial charge >= 0.3 is 0 Å². The van der Waals surface area contributed by atoms with Gasteiger partial charge in [-0.25, -0.2) is 0 Å². The number of para-hydroxylation sites is 1. The van der Waals surface area contributed by atoms with Gasteiger partial charge in [0.25, 0.3) is 0 Å². The van der Waals surface area contributed by atoms with E-state index >= 15 is 0 Å². The molecule has 2 atom stereocenters. The highest BCUT2D eigenvalue weighted by atomic mass is 16.5. The number of fused-ring (bicyclic) bond motifs is 1. The third kappa shape index (κ3) is 2.33. The van der Waals surface area contributed by atoms with Crippen molar-refractivity contribution in [2.45, 2.75) is 39.8 Å². The summed E-state index contributed by atoms with van der Waals surface area (Å²) in [6, 6.07) is 8.71. The van der Waals surface area contributed by atoms with Crippen LogP contribution < -0.4 is 10.1 Å². The van der Waals surface area contributed by atoms with E-state index in [0.29, 0.717) is 6.61 Å². The van der Waals surface area contributed by atoms with Gasteiger partial charge in [-0.3, -0.25) is 4.68 Å². The molecular weight excluding hydrogens is 262 g/mol. The van der Waals surface area contributed by atoms with Crippen LogP contribution in [0.3, 0.4) is 0 Å². The van der Waals surface area contributed by atoms with E-state index in [-0.39, 0.29) is 12.1 Å². The van der Waals surface area contributed by atoms with Gasteiger partial charge in [0.05, 0.1) is 11.7 Å². The van der Waals surface area contributed by atoms with Crippen molar-refractivity contribution in [2.24, 2.45) is 0 Å². The minimum atomic E-state index is 0.187. The van der Waals surface area contributed by atoms with Crippen molar-refractivity contribution in [3.63, 3.8) is 0 Å². The summed E-state index contributed by atoms with van der Waals surface area (Å²) in [6.07, 6.45) is 0. The standard InChI is InChI=1S/C17H23N3O/c1-5-18-17-14-8-6-7-9-16(14)21-10-15(17)20-13(4)11(2)12(3)19-20/h6-9,15,17-18H,5,10H2,1-4H3. The molecule has 1 aliphatic heterocycles. The summed E-state index contributed by atoms with van der Waals surface area (Å²) in [5.74, 6) is 0.984. The lowest BCUT2D eigenvalue weighted by molar-refractivity contribution is 0.169. The highest BCUT2D eigenvalue weighted by molar-refractivity contribution is 5.39. The maximum atomic E-state index is 5.97. The molecule has 0 amide bonds. The van der Waals surface area contributed by atoms with Gasteiger partial charge in [-0.1, -0.05) is 25.1 Å². The minimum absolute atomic E-state index is 0.187. The number of benzene rings is 1. The molecule has 21 heavy (non-hydrogen) atoms. The van der Waals surface area contributed by atoms with E-state index < -0.39 is 0 Å². The van der Waals surface area contributed by atoms with Crippen molar-refractivity contribution in [3.8, 4) is 5.75 Å². The Labute approximate surface area is 126 Å². The van der Waals surface area contributed by atoms with Gasteiger partial charge in [0.15, 0.2) is 0 Å². The number of aromatic nitrogens is 2. The number of ether oxygens (including phenoxy) is 1. The molecule has 0 spiro atoms. The molecule has 0 fully saturated rings. The maximum Gasteiger partial charge on any atom is 0.124 e. The van der Waals surface area contributed by atoms with Crippen LogP contribution in [0.2, 0.25) is 0 Å². The molecule has 0 radical (unpaired) electrons. The zero-order valence-corrected chi connectivity index (χ0v) is 13.2. The Balaban J connectivity index is 2.04. The van der Waals surface area contributed by atoms with Crippen molar-refractivity contribution in [3.05, 3.63) is 46.8 Å². The van der Waals surface area contributed by atoms with Gasteiger partial charge in [-0.2, -0.15) is 5.10 Å². The molecule has 4 nitrogen and oxygen atoms in total. The van der Waals surface area contributed by atoms with Gasteiger partial charge in [-0.05, 0) is 38.9 Å². The highest BCUT2D eigenvalue weighted by Crippen LogP contribution is 2.38. The first-order chi connectivity index (χ1) is 10.1. The van der Waals surface area contributed by atoms with Crippen LogP contribution in [0.5, 0.6) is 5.75 Å². The molecule has 1 aliphatic rings. The summed E-state index contributed by atoms with van der Waals surface area (Å²) < 4.78 is 8.10. The number of aryl methyl sites for hydroxylation is 1. The molecule has 112 valence electrons. The Kier molecular flexibility index (Phi) is 3.72. The lowest BCUT2D eigenvalue weighted by Gasteiger charge is -2.34. The van der Waals surface area contributed by atoms with E-state index in [1.165, 1.54) is 16.8 Å². The van der Waals surface area contributed by atoms with E-state index in [0.717, 1.165) is 18.0 Å². The zero-order chi connectivity index (χ0) is 15.0. The monoisotopic (exact) mass is 285 g/mol. The predicted octanol–water partition coefficient (Wildman–Crippen LogP) is 3.09. The molecule has 0 saturated carbocycles. The third-order valence-corrected chi connectivity index (χ3v) is 4.47. The average molecular weight is 285 g/mol. The molecule has 1 aromatic heterocycles. The van der Waals surface area contributed by atoms with Gasteiger partial charge in [-0.15, -0.1) is 0 Å². The van der Waals surface area contributed by atoms with Crippen molar-refractivity contribution < 1.29 is 4.74 Å². The minimum Gasteiger partial charge on any atom is -0.491 e. The van der Waals surface area contributed by atoms with Crippen LogP contribution in [0, 0.1) is 20.8 Å². The summed E-state index contributed by atoms with van der Waals surface area (Å²) >= 11 is 0. The Hall–Kier alpha value is -1.81. The molecule has 2 heterocycles. The van der Waals surface area contributed by atoms with Crippen LogP contribution in [-0.4, -0.2) is 22.9 Å². The summed E-state index contributed by atoms with van der Waals surface area (Å²) in [6.45, 7) is 10.1. The normalized spacial score (nSPS) is 21.0. The van der Waals surface area contributed by atoms with Gasteiger partial charge in [0.1, 0.15) is 18.4 Å². The fraction of sp³-hybridized carbons (Fsp3) is 0.471. The van der Waals surface area contributed by atoms with E-state index in [2.05, 4.69) is 49.8 Å². The molecule has 0 bridgehead atoms. The summed E-state index contributed by atoms with van der Waals surface area (Å²) in [7, 11) is 0. The Morgan fingerprint density at radius 1 is 1.29 bits per heavy atom. The first kappa shape index (κ1) is 14.1. The zero-order valence-electron chi connectivity index (χ0n) is 13.2. The predicted molar refractivity (Wildman–Crippen MR) is 83.8 cm³/mol. The Morgan fingerprint density at radius 3 is 2.71 bits per heavy atom. The summed E-state index contributed by atoms with van der Waals surface area (Å²) in [5, 5.41) is 8.34. The van der Waals surface area contributed by atoms with Gasteiger partial charge in [0.2, 0.25) is 0 Å². The van der Waals surface area contributed by atoms with E-state index in [9.17, 15) is 0 Å². The van der Waals surface area contributed by atoms with Crippen LogP contribution in [-0.2, 0) is 0 Å². The van der Waals surface area contributed by atoms with Gasteiger partial charge in [0, 0.05) is 11.3 Å². The number of nitrogens with zero attached hydrogens (tertiary/aromatic N) is 2. The fourth-order valence-corrected chi connectivity index (χ4v) is 3.09. The van der Waals surface area contributed by atoms with Crippen LogP contribution in [0.1, 0.15) is 41.5 Å². The summed E-state index contributed by atoms with van der Waals surface area (Å²) in [5.41, 5.74) is 4.81. The fourth-order valence-electron chi connectivity index (χ4n) is 3.09. The Bertz CT molecular complexity index is 647. The largest absolute Gasteiger partial charge is 0.491 e. The van der Waals surface area contributed by atoms with Crippen molar-refractivity contribution in [2.75, 3.05) is 13.2 Å². The van der Waals surface area contributed by atoms with E-state index in [4.69, 9.17) is 9.84 Å². The first-order valence-electron chi connectivity index (χ1n) is 7.61. The number of hydrogen-bond donors (Lipinski definition) is 1.